The molecule has 0 spiro atoms. The highest BCUT2D eigenvalue weighted by Crippen LogP contribution is 2.37. The second-order valence-corrected chi connectivity index (χ2v) is 7.44. The van der Waals surface area contributed by atoms with Gasteiger partial charge in [0.1, 0.15) is 0 Å². The van der Waals surface area contributed by atoms with E-state index in [1.807, 2.05) is 0 Å². The molecule has 2 rings (SSSR count). The van der Waals surface area contributed by atoms with E-state index < -0.39 is 0 Å². The van der Waals surface area contributed by atoms with Gasteiger partial charge in [0.15, 0.2) is 0 Å². The van der Waals surface area contributed by atoms with Crippen molar-refractivity contribution >= 4 is 11.8 Å². The Hall–Kier alpha value is 0.310. The number of nitrogens with one attached hydrogen (secondary N) is 1. The van der Waals surface area contributed by atoms with Gasteiger partial charge < -0.3 is 5.32 Å². The lowest BCUT2D eigenvalue weighted by Crippen LogP contribution is -2.41. The van der Waals surface area contributed by atoms with E-state index in [1.165, 1.54) is 37.9 Å². The first-order valence-electron chi connectivity index (χ1n) is 7.08. The summed E-state index contributed by atoms with van der Waals surface area (Å²) in [7, 11) is 0. The minimum absolute atomic E-state index is 0.801. The van der Waals surface area contributed by atoms with Gasteiger partial charge in [0.05, 0.1) is 0 Å². The summed E-state index contributed by atoms with van der Waals surface area (Å²) in [6.45, 7) is 7.04. The zero-order chi connectivity index (χ0) is 11.5. The van der Waals surface area contributed by atoms with E-state index in [4.69, 9.17) is 0 Å². The molecule has 1 nitrogen and oxygen atoms in total. The molecule has 1 N–H and O–H groups in total. The molecule has 0 saturated heterocycles. The molecule has 0 aromatic rings. The van der Waals surface area contributed by atoms with E-state index in [0.29, 0.717) is 0 Å². The van der Waals surface area contributed by atoms with E-state index in [1.54, 1.807) is 0 Å². The monoisotopic (exact) mass is 241 g/mol. The van der Waals surface area contributed by atoms with Crippen molar-refractivity contribution < 1.29 is 0 Å². The van der Waals surface area contributed by atoms with Crippen LogP contribution in [0.2, 0.25) is 0 Å². The van der Waals surface area contributed by atoms with E-state index >= 15 is 0 Å². The summed E-state index contributed by atoms with van der Waals surface area (Å²) in [6, 6.07) is 1.62. The smallest absolute Gasteiger partial charge is 0.0121 e. The minimum Gasteiger partial charge on any atom is -0.311 e. The summed E-state index contributed by atoms with van der Waals surface area (Å²) in [6.07, 6.45) is 7.19. The van der Waals surface area contributed by atoms with Gasteiger partial charge >= 0.3 is 0 Å². The van der Waals surface area contributed by atoms with Crippen LogP contribution < -0.4 is 5.32 Å². The standard InChI is InChI=1S/C14H27NS/c1-4-16-13-8-7-12(9-13)15-14(10(2)3)11-5-6-11/h10-15H,4-9H2,1-3H3. The molecule has 2 aliphatic rings. The fourth-order valence-corrected chi connectivity index (χ4v) is 4.22. The second-order valence-electron chi connectivity index (χ2n) is 5.86. The van der Waals surface area contributed by atoms with Gasteiger partial charge in [0.25, 0.3) is 0 Å². The van der Waals surface area contributed by atoms with Gasteiger partial charge in [-0.05, 0) is 49.7 Å². The van der Waals surface area contributed by atoms with Crippen LogP contribution in [-0.4, -0.2) is 23.1 Å². The molecule has 2 saturated carbocycles. The highest BCUT2D eigenvalue weighted by molar-refractivity contribution is 7.99. The van der Waals surface area contributed by atoms with E-state index in [0.717, 1.165) is 29.2 Å². The zero-order valence-corrected chi connectivity index (χ0v) is 11.9. The van der Waals surface area contributed by atoms with Gasteiger partial charge in [-0.1, -0.05) is 20.8 Å². The lowest BCUT2D eigenvalue weighted by molar-refractivity contribution is 0.321. The number of thioether (sulfide) groups is 1. The van der Waals surface area contributed by atoms with Crippen molar-refractivity contribution in [3.63, 3.8) is 0 Å². The van der Waals surface area contributed by atoms with Gasteiger partial charge in [-0.3, -0.25) is 0 Å². The molecular formula is C14H27NS. The van der Waals surface area contributed by atoms with E-state index in [9.17, 15) is 0 Å². The maximum atomic E-state index is 3.95. The maximum Gasteiger partial charge on any atom is 0.0121 e. The van der Waals surface area contributed by atoms with Crippen LogP contribution in [0.25, 0.3) is 0 Å². The Morgan fingerprint density at radius 2 is 1.94 bits per heavy atom. The Morgan fingerprint density at radius 3 is 2.50 bits per heavy atom. The van der Waals surface area contributed by atoms with Crippen LogP contribution in [-0.2, 0) is 0 Å². The predicted molar refractivity (Wildman–Crippen MR) is 74.0 cm³/mol. The first-order valence-corrected chi connectivity index (χ1v) is 8.13. The molecule has 0 amide bonds. The highest BCUT2D eigenvalue weighted by atomic mass is 32.2. The molecule has 2 heteroatoms. The third-order valence-corrected chi connectivity index (χ3v) is 5.30. The van der Waals surface area contributed by atoms with Crippen molar-refractivity contribution in [3.8, 4) is 0 Å². The lowest BCUT2D eigenvalue weighted by atomic mass is 9.98. The summed E-state index contributed by atoms with van der Waals surface area (Å²) >= 11 is 2.16. The molecule has 0 aromatic heterocycles. The molecular weight excluding hydrogens is 214 g/mol. The van der Waals surface area contributed by atoms with Gasteiger partial charge in [0, 0.05) is 17.3 Å². The Bertz CT molecular complexity index is 211. The normalized spacial score (nSPS) is 32.2. The first kappa shape index (κ1) is 12.8. The van der Waals surface area contributed by atoms with Crippen molar-refractivity contribution in [3.05, 3.63) is 0 Å². The Labute approximate surface area is 105 Å². The SMILES string of the molecule is CCSC1CCC(NC(C(C)C)C2CC2)C1. The van der Waals surface area contributed by atoms with Crippen molar-refractivity contribution in [1.29, 1.82) is 0 Å². The average Bonchev–Trinajstić information content (AvgIpc) is 2.97. The summed E-state index contributed by atoms with van der Waals surface area (Å²) < 4.78 is 0. The maximum absolute atomic E-state index is 3.95. The van der Waals surface area contributed by atoms with Gasteiger partial charge in [0.2, 0.25) is 0 Å². The molecule has 3 unspecified atom stereocenters. The van der Waals surface area contributed by atoms with Crippen molar-refractivity contribution in [1.82, 2.24) is 5.32 Å². The van der Waals surface area contributed by atoms with Crippen molar-refractivity contribution in [2.75, 3.05) is 5.75 Å². The Balaban J connectivity index is 1.76. The van der Waals surface area contributed by atoms with Crippen LogP contribution in [0.1, 0.15) is 52.9 Å². The summed E-state index contributed by atoms with van der Waals surface area (Å²) in [5, 5.41) is 4.89. The van der Waals surface area contributed by atoms with Crippen LogP contribution in [0.4, 0.5) is 0 Å². The average molecular weight is 241 g/mol. The van der Waals surface area contributed by atoms with Crippen LogP contribution >= 0.6 is 11.8 Å². The molecule has 2 aliphatic carbocycles. The molecule has 0 radical (unpaired) electrons. The Morgan fingerprint density at radius 1 is 1.19 bits per heavy atom. The first-order chi connectivity index (χ1) is 7.70. The molecule has 0 aromatic carbocycles. The molecule has 0 aliphatic heterocycles. The number of hydrogen-bond donors (Lipinski definition) is 1. The van der Waals surface area contributed by atoms with Gasteiger partial charge in [-0.2, -0.15) is 11.8 Å². The third-order valence-electron chi connectivity index (χ3n) is 4.06. The minimum atomic E-state index is 0.801. The summed E-state index contributed by atoms with van der Waals surface area (Å²) in [5.41, 5.74) is 0. The summed E-state index contributed by atoms with van der Waals surface area (Å²) in [4.78, 5) is 0. The highest BCUT2D eigenvalue weighted by Gasteiger charge is 2.35. The van der Waals surface area contributed by atoms with E-state index in [-0.39, 0.29) is 0 Å². The van der Waals surface area contributed by atoms with Crippen LogP contribution in [0.15, 0.2) is 0 Å². The largest absolute Gasteiger partial charge is 0.311 e. The fourth-order valence-electron chi connectivity index (χ4n) is 3.08. The number of rotatable bonds is 6. The van der Waals surface area contributed by atoms with Crippen LogP contribution in [0, 0.1) is 11.8 Å². The van der Waals surface area contributed by atoms with Crippen LogP contribution in [0.3, 0.4) is 0 Å². The van der Waals surface area contributed by atoms with Crippen molar-refractivity contribution in [2.24, 2.45) is 11.8 Å². The third kappa shape index (κ3) is 3.40. The topological polar surface area (TPSA) is 12.0 Å². The molecule has 0 bridgehead atoms. The molecule has 3 atom stereocenters. The zero-order valence-electron chi connectivity index (χ0n) is 11.0. The molecule has 94 valence electrons. The molecule has 0 heterocycles. The number of hydrogen-bond acceptors (Lipinski definition) is 2. The lowest BCUT2D eigenvalue weighted by Gasteiger charge is -2.26. The summed E-state index contributed by atoms with van der Waals surface area (Å²) in [5.74, 6) is 3.09. The Kier molecular flexibility index (Phi) is 4.60. The quantitative estimate of drug-likeness (QED) is 0.761. The van der Waals surface area contributed by atoms with Gasteiger partial charge in [-0.15, -0.1) is 0 Å². The molecule has 2 fully saturated rings. The fraction of sp³-hybridized carbons (Fsp3) is 1.00. The van der Waals surface area contributed by atoms with Crippen molar-refractivity contribution in [2.45, 2.75) is 70.2 Å². The van der Waals surface area contributed by atoms with E-state index in [2.05, 4.69) is 37.8 Å². The predicted octanol–water partition coefficient (Wildman–Crippen LogP) is 3.68. The second kappa shape index (κ2) is 5.77. The van der Waals surface area contributed by atoms with Gasteiger partial charge in [-0.25, -0.2) is 0 Å². The molecule has 16 heavy (non-hydrogen) atoms. The van der Waals surface area contributed by atoms with Crippen LogP contribution in [0.5, 0.6) is 0 Å².